The number of rotatable bonds is 1. The van der Waals surface area contributed by atoms with Crippen molar-refractivity contribution in [3.8, 4) is 0 Å². The molecule has 1 N–H and O–H groups in total. The summed E-state index contributed by atoms with van der Waals surface area (Å²) in [4.78, 5) is 4.96. The van der Waals surface area contributed by atoms with Gasteiger partial charge in [0.25, 0.3) is 0 Å². The second-order valence-corrected chi connectivity index (χ2v) is 4.55. The van der Waals surface area contributed by atoms with E-state index in [4.69, 9.17) is 28.0 Å². The first kappa shape index (κ1) is 9.84. The first-order chi connectivity index (χ1) is 6.68. The lowest BCUT2D eigenvalue weighted by molar-refractivity contribution is 0.111. The second-order valence-electron chi connectivity index (χ2n) is 3.06. The van der Waals surface area contributed by atoms with Gasteiger partial charge in [-0.05, 0) is 11.6 Å². The molecule has 1 aliphatic heterocycles. The highest BCUT2D eigenvalue weighted by Crippen LogP contribution is 2.33. The molecule has 0 radical (unpaired) electrons. The number of hydrogen-bond acceptors (Lipinski definition) is 2. The maximum atomic E-state index is 5.99. The molecular weight excluding hydrogens is 221 g/mol. The average molecular weight is 230 g/mol. The van der Waals surface area contributed by atoms with E-state index >= 15 is 0 Å². The van der Waals surface area contributed by atoms with Crippen LogP contribution >= 0.6 is 23.2 Å². The number of hydroxylamine groups is 1. The first-order valence-electron chi connectivity index (χ1n) is 4.21. The van der Waals surface area contributed by atoms with Gasteiger partial charge in [0.2, 0.25) is 0 Å². The summed E-state index contributed by atoms with van der Waals surface area (Å²) in [5.74, 6) is 0. The minimum Gasteiger partial charge on any atom is -0.273 e. The van der Waals surface area contributed by atoms with E-state index in [0.29, 0.717) is 5.70 Å². The maximum Gasteiger partial charge on any atom is 0.185 e. The van der Waals surface area contributed by atoms with E-state index in [1.807, 2.05) is 36.4 Å². The molecule has 1 aromatic rings. The standard InChI is InChI=1S/C10H9Cl2NO/c11-10(12)7-14-13-9(10)6-8-4-2-1-3-5-8/h1-6,13H,7H2. The third-order valence-electron chi connectivity index (χ3n) is 1.94. The van der Waals surface area contributed by atoms with Gasteiger partial charge in [0.1, 0.15) is 6.61 Å². The Morgan fingerprint density at radius 2 is 2.00 bits per heavy atom. The number of halogens is 2. The molecule has 0 bridgehead atoms. The van der Waals surface area contributed by atoms with Crippen molar-refractivity contribution < 1.29 is 4.84 Å². The molecule has 74 valence electrons. The number of alkyl halides is 2. The lowest BCUT2D eigenvalue weighted by Gasteiger charge is -2.09. The van der Waals surface area contributed by atoms with Crippen LogP contribution in [0.1, 0.15) is 5.56 Å². The van der Waals surface area contributed by atoms with Gasteiger partial charge in [0.15, 0.2) is 4.33 Å². The van der Waals surface area contributed by atoms with Crippen molar-refractivity contribution in [2.45, 2.75) is 4.33 Å². The van der Waals surface area contributed by atoms with Crippen LogP contribution in [0.3, 0.4) is 0 Å². The van der Waals surface area contributed by atoms with Crippen LogP contribution < -0.4 is 5.48 Å². The van der Waals surface area contributed by atoms with Crippen LogP contribution in [0.2, 0.25) is 0 Å². The third kappa shape index (κ3) is 2.03. The summed E-state index contributed by atoms with van der Waals surface area (Å²) in [7, 11) is 0. The molecule has 0 unspecified atom stereocenters. The van der Waals surface area contributed by atoms with Crippen molar-refractivity contribution in [2.24, 2.45) is 0 Å². The molecule has 0 amide bonds. The van der Waals surface area contributed by atoms with Crippen molar-refractivity contribution in [3.05, 3.63) is 41.6 Å². The number of benzene rings is 1. The van der Waals surface area contributed by atoms with Gasteiger partial charge in [-0.1, -0.05) is 53.5 Å². The van der Waals surface area contributed by atoms with Crippen LogP contribution in [0.5, 0.6) is 0 Å². The summed E-state index contributed by atoms with van der Waals surface area (Å²) in [6.07, 6.45) is 1.87. The molecule has 2 nitrogen and oxygen atoms in total. The number of nitrogens with one attached hydrogen (secondary N) is 1. The van der Waals surface area contributed by atoms with Crippen LogP contribution in [0.25, 0.3) is 6.08 Å². The van der Waals surface area contributed by atoms with E-state index < -0.39 is 4.33 Å². The molecule has 2 rings (SSSR count). The first-order valence-corrected chi connectivity index (χ1v) is 4.97. The molecule has 14 heavy (non-hydrogen) atoms. The highest BCUT2D eigenvalue weighted by molar-refractivity contribution is 6.51. The fraction of sp³-hybridized carbons (Fsp3) is 0.200. The quantitative estimate of drug-likeness (QED) is 0.749. The van der Waals surface area contributed by atoms with Crippen molar-refractivity contribution in [1.82, 2.24) is 5.48 Å². The molecule has 1 heterocycles. The van der Waals surface area contributed by atoms with Gasteiger partial charge in [-0.15, -0.1) is 0 Å². The van der Waals surface area contributed by atoms with Gasteiger partial charge in [-0.3, -0.25) is 10.3 Å². The zero-order valence-corrected chi connectivity index (χ0v) is 8.85. The SMILES string of the molecule is ClC1(Cl)CONC1=Cc1ccccc1. The molecular formula is C10H9Cl2NO. The lowest BCUT2D eigenvalue weighted by atomic mass is 10.2. The second kappa shape index (κ2) is 3.81. The van der Waals surface area contributed by atoms with Gasteiger partial charge < -0.3 is 0 Å². The fourth-order valence-electron chi connectivity index (χ4n) is 1.21. The Balaban J connectivity index is 2.27. The van der Waals surface area contributed by atoms with Crippen LogP contribution in [0, 0.1) is 0 Å². The van der Waals surface area contributed by atoms with E-state index in [1.54, 1.807) is 0 Å². The Kier molecular flexibility index (Phi) is 2.68. The molecule has 0 aliphatic carbocycles. The monoisotopic (exact) mass is 229 g/mol. The molecule has 0 saturated carbocycles. The Labute approximate surface area is 92.4 Å². The van der Waals surface area contributed by atoms with Crippen molar-refractivity contribution in [1.29, 1.82) is 0 Å². The van der Waals surface area contributed by atoms with E-state index in [2.05, 4.69) is 5.48 Å². The van der Waals surface area contributed by atoms with E-state index in [-0.39, 0.29) is 6.61 Å². The predicted molar refractivity (Wildman–Crippen MR) is 57.9 cm³/mol. The molecule has 0 spiro atoms. The van der Waals surface area contributed by atoms with E-state index in [1.165, 1.54) is 0 Å². The summed E-state index contributed by atoms with van der Waals surface area (Å²) < 4.78 is -0.962. The summed E-state index contributed by atoms with van der Waals surface area (Å²) in [6, 6.07) is 9.79. The zero-order valence-electron chi connectivity index (χ0n) is 7.34. The summed E-state index contributed by atoms with van der Waals surface area (Å²) >= 11 is 12.0. The smallest absolute Gasteiger partial charge is 0.185 e. The predicted octanol–water partition coefficient (Wildman–Crippen LogP) is 2.74. The van der Waals surface area contributed by atoms with Crippen LogP contribution in [0.4, 0.5) is 0 Å². The molecule has 0 atom stereocenters. The Morgan fingerprint density at radius 3 is 2.57 bits per heavy atom. The summed E-state index contributed by atoms with van der Waals surface area (Å²) in [5.41, 5.74) is 4.40. The van der Waals surface area contributed by atoms with Gasteiger partial charge in [-0.2, -0.15) is 0 Å². The normalized spacial score (nSPS) is 22.3. The van der Waals surface area contributed by atoms with E-state index in [0.717, 1.165) is 5.56 Å². The fourth-order valence-corrected chi connectivity index (χ4v) is 1.50. The molecule has 0 aromatic heterocycles. The Bertz CT molecular complexity index is 348. The molecule has 1 aromatic carbocycles. The number of hydrogen-bond donors (Lipinski definition) is 1. The Morgan fingerprint density at radius 1 is 1.29 bits per heavy atom. The Hall–Kier alpha value is -0.700. The van der Waals surface area contributed by atoms with Crippen LogP contribution in [0.15, 0.2) is 36.0 Å². The van der Waals surface area contributed by atoms with E-state index in [9.17, 15) is 0 Å². The maximum absolute atomic E-state index is 5.99. The highest BCUT2D eigenvalue weighted by atomic mass is 35.5. The molecule has 1 fully saturated rings. The van der Waals surface area contributed by atoms with Gasteiger partial charge in [0.05, 0.1) is 5.70 Å². The van der Waals surface area contributed by atoms with Crippen molar-refractivity contribution in [2.75, 3.05) is 6.61 Å². The van der Waals surface area contributed by atoms with Crippen LogP contribution in [-0.4, -0.2) is 10.9 Å². The molecule has 1 aliphatic rings. The van der Waals surface area contributed by atoms with Crippen molar-refractivity contribution in [3.63, 3.8) is 0 Å². The van der Waals surface area contributed by atoms with Crippen LogP contribution in [-0.2, 0) is 4.84 Å². The minimum atomic E-state index is -0.962. The zero-order chi connectivity index (χ0) is 10.0. The molecule has 4 heteroatoms. The lowest BCUT2D eigenvalue weighted by Crippen LogP contribution is -2.16. The average Bonchev–Trinajstić information content (AvgIpc) is 2.48. The third-order valence-corrected chi connectivity index (χ3v) is 2.57. The van der Waals surface area contributed by atoms with Gasteiger partial charge in [-0.25, -0.2) is 0 Å². The van der Waals surface area contributed by atoms with Gasteiger partial charge >= 0.3 is 0 Å². The topological polar surface area (TPSA) is 21.3 Å². The highest BCUT2D eigenvalue weighted by Gasteiger charge is 2.35. The largest absolute Gasteiger partial charge is 0.273 e. The van der Waals surface area contributed by atoms with Crippen molar-refractivity contribution >= 4 is 29.3 Å². The summed E-state index contributed by atoms with van der Waals surface area (Å²) in [5, 5.41) is 0. The minimum absolute atomic E-state index is 0.259. The van der Waals surface area contributed by atoms with Gasteiger partial charge in [0, 0.05) is 0 Å². The molecule has 1 saturated heterocycles. The summed E-state index contributed by atoms with van der Waals surface area (Å²) in [6.45, 7) is 0.259.